The number of halogens is 1. The van der Waals surface area contributed by atoms with Gasteiger partial charge in [0.15, 0.2) is 0 Å². The normalized spacial score (nSPS) is 14.6. The van der Waals surface area contributed by atoms with Crippen LogP contribution in [0.1, 0.15) is 30.4 Å². The number of aromatic nitrogens is 1. The second-order valence-electron chi connectivity index (χ2n) is 6.85. The van der Waals surface area contributed by atoms with Crippen LogP contribution in [0.3, 0.4) is 0 Å². The topological polar surface area (TPSA) is 62.5 Å². The second kappa shape index (κ2) is 8.44. The number of nitrogens with zero attached hydrogens (tertiary/aromatic N) is 3. The fraction of sp³-hybridized carbons (Fsp3) is 0.333. The average Bonchev–Trinajstić information content (AvgIpc) is 2.69. The summed E-state index contributed by atoms with van der Waals surface area (Å²) >= 11 is 6.19. The maximum absolute atomic E-state index is 12.7. The Morgan fingerprint density at radius 3 is 2.78 bits per heavy atom. The molecule has 0 bridgehead atoms. The summed E-state index contributed by atoms with van der Waals surface area (Å²) in [5, 5.41) is 0.586. The van der Waals surface area contributed by atoms with E-state index in [1.165, 1.54) is 24.2 Å². The summed E-state index contributed by atoms with van der Waals surface area (Å²) in [7, 11) is 1.69. The first-order valence-corrected chi connectivity index (χ1v) is 9.56. The zero-order chi connectivity index (χ0) is 19.4. The number of carbonyl (C=O) groups is 1. The van der Waals surface area contributed by atoms with Crippen molar-refractivity contribution < 1.29 is 4.79 Å². The molecule has 5 nitrogen and oxygen atoms in total. The SMILES string of the molecule is Cc1cc(N)c(N(C)C(=O)/C=C/c2cccnc2N2CCCCC2)cc1Cl. The summed E-state index contributed by atoms with van der Waals surface area (Å²) in [5.41, 5.74) is 9.01. The molecule has 0 spiro atoms. The molecule has 0 atom stereocenters. The van der Waals surface area contributed by atoms with Crippen LogP contribution in [0.25, 0.3) is 6.08 Å². The highest BCUT2D eigenvalue weighted by Crippen LogP contribution is 2.29. The molecular weight excluding hydrogens is 360 g/mol. The molecule has 27 heavy (non-hydrogen) atoms. The number of nitrogen functional groups attached to an aromatic ring is 1. The van der Waals surface area contributed by atoms with Gasteiger partial charge in [0, 0.05) is 43.0 Å². The molecule has 1 aromatic heterocycles. The van der Waals surface area contributed by atoms with Crippen molar-refractivity contribution in [2.24, 2.45) is 0 Å². The molecule has 0 aliphatic carbocycles. The van der Waals surface area contributed by atoms with Gasteiger partial charge >= 0.3 is 0 Å². The van der Waals surface area contributed by atoms with Crippen molar-refractivity contribution in [1.82, 2.24) is 4.98 Å². The molecule has 0 saturated carbocycles. The smallest absolute Gasteiger partial charge is 0.250 e. The van der Waals surface area contributed by atoms with E-state index in [-0.39, 0.29) is 5.91 Å². The first-order chi connectivity index (χ1) is 13.0. The number of hydrogen-bond donors (Lipinski definition) is 1. The zero-order valence-corrected chi connectivity index (χ0v) is 16.5. The van der Waals surface area contributed by atoms with E-state index in [1.807, 2.05) is 25.1 Å². The predicted octanol–water partition coefficient (Wildman–Crippen LogP) is 4.29. The van der Waals surface area contributed by atoms with Crippen molar-refractivity contribution in [2.75, 3.05) is 35.7 Å². The number of anilines is 3. The number of hydrogen-bond acceptors (Lipinski definition) is 4. The van der Waals surface area contributed by atoms with Crippen molar-refractivity contribution in [3.05, 3.63) is 52.7 Å². The molecule has 6 heteroatoms. The lowest BCUT2D eigenvalue weighted by atomic mass is 10.1. The van der Waals surface area contributed by atoms with Crippen molar-refractivity contribution in [3.8, 4) is 0 Å². The van der Waals surface area contributed by atoms with Gasteiger partial charge in [0.25, 0.3) is 5.91 Å². The lowest BCUT2D eigenvalue weighted by Crippen LogP contribution is -2.30. The maximum atomic E-state index is 12.7. The Bertz CT molecular complexity index is 859. The average molecular weight is 385 g/mol. The second-order valence-corrected chi connectivity index (χ2v) is 7.26. The lowest BCUT2D eigenvalue weighted by Gasteiger charge is -2.28. The lowest BCUT2D eigenvalue weighted by molar-refractivity contribution is -0.113. The summed E-state index contributed by atoms with van der Waals surface area (Å²) in [5.74, 6) is 0.761. The number of benzene rings is 1. The Balaban J connectivity index is 1.80. The molecule has 1 aliphatic rings. The van der Waals surface area contributed by atoms with Crippen LogP contribution in [0.2, 0.25) is 5.02 Å². The molecule has 2 heterocycles. The van der Waals surface area contributed by atoms with Gasteiger partial charge in [0.1, 0.15) is 5.82 Å². The van der Waals surface area contributed by atoms with Crippen LogP contribution in [0.4, 0.5) is 17.2 Å². The minimum Gasteiger partial charge on any atom is -0.397 e. The third kappa shape index (κ3) is 4.42. The van der Waals surface area contributed by atoms with Crippen LogP contribution in [-0.2, 0) is 4.79 Å². The van der Waals surface area contributed by atoms with Gasteiger partial charge in [-0.2, -0.15) is 0 Å². The van der Waals surface area contributed by atoms with E-state index in [9.17, 15) is 4.79 Å². The Morgan fingerprint density at radius 2 is 2.04 bits per heavy atom. The van der Waals surface area contributed by atoms with Gasteiger partial charge in [-0.05, 0) is 62.1 Å². The van der Waals surface area contributed by atoms with Crippen molar-refractivity contribution in [1.29, 1.82) is 0 Å². The van der Waals surface area contributed by atoms with Crippen molar-refractivity contribution >= 4 is 40.8 Å². The molecular formula is C21H25ClN4O. The molecule has 142 valence electrons. The highest BCUT2D eigenvalue weighted by molar-refractivity contribution is 6.32. The Labute approximate surface area is 165 Å². The molecule has 1 amide bonds. The molecule has 2 aromatic rings. The maximum Gasteiger partial charge on any atom is 0.250 e. The standard InChI is InChI=1S/C21H25ClN4O/c1-15-13-18(23)19(14-17(15)22)25(2)20(27)9-8-16-7-6-10-24-21(16)26-11-4-3-5-12-26/h6-10,13-14H,3-5,11-12,23H2,1-2H3/b9-8+. The molecule has 3 rings (SSSR count). The largest absolute Gasteiger partial charge is 0.397 e. The number of piperidine rings is 1. The highest BCUT2D eigenvalue weighted by Gasteiger charge is 2.16. The van der Waals surface area contributed by atoms with E-state index < -0.39 is 0 Å². The van der Waals surface area contributed by atoms with E-state index >= 15 is 0 Å². The number of pyridine rings is 1. The Hall–Kier alpha value is -2.53. The summed E-state index contributed by atoms with van der Waals surface area (Å²) in [6.45, 7) is 3.89. The Morgan fingerprint density at radius 1 is 1.30 bits per heavy atom. The van der Waals surface area contributed by atoms with E-state index in [2.05, 4.69) is 9.88 Å². The van der Waals surface area contributed by atoms with E-state index in [1.54, 1.807) is 31.5 Å². The summed E-state index contributed by atoms with van der Waals surface area (Å²) in [6, 6.07) is 7.37. The van der Waals surface area contributed by atoms with Crippen molar-refractivity contribution in [2.45, 2.75) is 26.2 Å². The number of amides is 1. The zero-order valence-electron chi connectivity index (χ0n) is 15.8. The van der Waals surface area contributed by atoms with Gasteiger partial charge in [-0.3, -0.25) is 4.79 Å². The summed E-state index contributed by atoms with van der Waals surface area (Å²) in [6.07, 6.45) is 8.78. The summed E-state index contributed by atoms with van der Waals surface area (Å²) in [4.78, 5) is 21.0. The third-order valence-corrected chi connectivity index (χ3v) is 5.29. The van der Waals surface area contributed by atoms with Gasteiger partial charge in [-0.25, -0.2) is 4.98 Å². The minimum absolute atomic E-state index is 0.171. The van der Waals surface area contributed by atoms with Crippen LogP contribution in [0, 0.1) is 6.92 Å². The number of carbonyl (C=O) groups excluding carboxylic acids is 1. The number of rotatable bonds is 4. The number of nitrogens with two attached hydrogens (primary N) is 1. The van der Waals surface area contributed by atoms with Gasteiger partial charge in [0.05, 0.1) is 11.4 Å². The van der Waals surface area contributed by atoms with Crippen LogP contribution in [0.5, 0.6) is 0 Å². The van der Waals surface area contributed by atoms with Crippen LogP contribution >= 0.6 is 11.6 Å². The fourth-order valence-electron chi connectivity index (χ4n) is 3.28. The third-order valence-electron chi connectivity index (χ3n) is 4.88. The summed E-state index contributed by atoms with van der Waals surface area (Å²) < 4.78 is 0. The van der Waals surface area contributed by atoms with E-state index in [4.69, 9.17) is 17.3 Å². The quantitative estimate of drug-likeness (QED) is 0.630. The predicted molar refractivity (Wildman–Crippen MR) is 113 cm³/mol. The first kappa shape index (κ1) is 19.2. The Kier molecular flexibility index (Phi) is 6.01. The molecule has 1 saturated heterocycles. The molecule has 1 aliphatic heterocycles. The van der Waals surface area contributed by atoms with Crippen LogP contribution in [0.15, 0.2) is 36.5 Å². The van der Waals surface area contributed by atoms with Gasteiger partial charge < -0.3 is 15.5 Å². The number of aryl methyl sites for hydroxylation is 1. The van der Waals surface area contributed by atoms with Crippen LogP contribution < -0.4 is 15.5 Å². The fourth-order valence-corrected chi connectivity index (χ4v) is 3.44. The van der Waals surface area contributed by atoms with Crippen LogP contribution in [-0.4, -0.2) is 31.0 Å². The molecule has 0 unspecified atom stereocenters. The van der Waals surface area contributed by atoms with E-state index in [0.717, 1.165) is 30.0 Å². The number of likely N-dealkylation sites (N-methyl/N-ethyl adjacent to an activating group) is 1. The highest BCUT2D eigenvalue weighted by atomic mass is 35.5. The van der Waals surface area contributed by atoms with E-state index in [0.29, 0.717) is 16.4 Å². The monoisotopic (exact) mass is 384 g/mol. The van der Waals surface area contributed by atoms with Gasteiger partial charge in [-0.15, -0.1) is 0 Å². The molecule has 2 N–H and O–H groups in total. The van der Waals surface area contributed by atoms with Crippen molar-refractivity contribution in [3.63, 3.8) is 0 Å². The minimum atomic E-state index is -0.171. The molecule has 1 fully saturated rings. The molecule has 1 aromatic carbocycles. The van der Waals surface area contributed by atoms with Gasteiger partial charge in [0.2, 0.25) is 0 Å². The first-order valence-electron chi connectivity index (χ1n) is 9.18. The molecule has 0 radical (unpaired) electrons. The van der Waals surface area contributed by atoms with Gasteiger partial charge in [-0.1, -0.05) is 11.6 Å².